The Balaban J connectivity index is 0.00000338. The van der Waals surface area contributed by atoms with Gasteiger partial charge in [-0.25, -0.2) is 15.0 Å². The third-order valence-corrected chi connectivity index (χ3v) is 4.47. The molecule has 2 aromatic rings. The minimum atomic E-state index is 0. The second-order valence-electron chi connectivity index (χ2n) is 5.97. The second kappa shape index (κ2) is 11.3. The molecule has 0 atom stereocenters. The maximum atomic E-state index is 5.56. The second-order valence-corrected chi connectivity index (χ2v) is 7.26. The molecular formula is C18H28IN5OS. The highest BCUT2D eigenvalue weighted by atomic mass is 127. The summed E-state index contributed by atoms with van der Waals surface area (Å²) in [6.45, 7) is 12.2. The number of aryl methyl sites for hydroxylation is 2. The van der Waals surface area contributed by atoms with Gasteiger partial charge in [0.2, 0.25) is 5.88 Å². The van der Waals surface area contributed by atoms with Crippen molar-refractivity contribution < 1.29 is 4.74 Å². The van der Waals surface area contributed by atoms with Crippen LogP contribution in [0.3, 0.4) is 0 Å². The Bertz CT molecular complexity index is 681. The van der Waals surface area contributed by atoms with Gasteiger partial charge in [0.05, 0.1) is 24.9 Å². The third-order valence-electron chi connectivity index (χ3n) is 3.40. The highest BCUT2D eigenvalue weighted by Gasteiger charge is 2.05. The van der Waals surface area contributed by atoms with Crippen molar-refractivity contribution in [1.29, 1.82) is 0 Å². The van der Waals surface area contributed by atoms with Gasteiger partial charge in [0, 0.05) is 23.7 Å². The summed E-state index contributed by atoms with van der Waals surface area (Å²) in [5.74, 6) is 1.41. The fourth-order valence-corrected chi connectivity index (χ4v) is 2.98. The molecule has 0 aliphatic heterocycles. The van der Waals surface area contributed by atoms with E-state index in [1.54, 1.807) is 17.5 Å². The van der Waals surface area contributed by atoms with Gasteiger partial charge in [-0.15, -0.1) is 35.3 Å². The average Bonchev–Trinajstić information content (AvgIpc) is 2.89. The van der Waals surface area contributed by atoms with Crippen molar-refractivity contribution in [2.24, 2.45) is 4.99 Å². The summed E-state index contributed by atoms with van der Waals surface area (Å²) in [5, 5.41) is 7.65. The van der Waals surface area contributed by atoms with E-state index in [1.165, 1.54) is 4.88 Å². The van der Waals surface area contributed by atoms with E-state index in [0.717, 1.165) is 28.8 Å². The van der Waals surface area contributed by atoms with E-state index < -0.39 is 0 Å². The van der Waals surface area contributed by atoms with E-state index in [2.05, 4.69) is 39.4 Å². The van der Waals surface area contributed by atoms with E-state index in [1.807, 2.05) is 32.9 Å². The van der Waals surface area contributed by atoms with Crippen molar-refractivity contribution in [2.75, 3.05) is 6.54 Å². The van der Waals surface area contributed by atoms with Crippen molar-refractivity contribution in [3.8, 4) is 5.88 Å². The molecule has 0 aliphatic rings. The number of hydrogen-bond acceptors (Lipinski definition) is 5. The molecule has 0 unspecified atom stereocenters. The molecule has 0 spiro atoms. The molecule has 0 amide bonds. The fourth-order valence-electron chi connectivity index (χ4n) is 2.10. The smallest absolute Gasteiger partial charge is 0.213 e. The molecule has 2 N–H and O–H groups in total. The summed E-state index contributed by atoms with van der Waals surface area (Å²) < 4.78 is 5.56. The largest absolute Gasteiger partial charge is 0.475 e. The number of aromatic nitrogens is 2. The summed E-state index contributed by atoms with van der Waals surface area (Å²) >= 11 is 1.71. The van der Waals surface area contributed by atoms with E-state index >= 15 is 0 Å². The zero-order valence-corrected chi connectivity index (χ0v) is 19.1. The quantitative estimate of drug-likeness (QED) is 0.352. The van der Waals surface area contributed by atoms with Crippen LogP contribution in [0.2, 0.25) is 0 Å². The predicted molar refractivity (Wildman–Crippen MR) is 119 cm³/mol. The molecule has 6 nitrogen and oxygen atoms in total. The van der Waals surface area contributed by atoms with E-state index in [-0.39, 0.29) is 30.1 Å². The van der Waals surface area contributed by atoms with Crippen LogP contribution < -0.4 is 15.4 Å². The zero-order valence-electron chi connectivity index (χ0n) is 16.0. The molecule has 0 saturated carbocycles. The lowest BCUT2D eigenvalue weighted by atomic mass is 10.3. The van der Waals surface area contributed by atoms with Crippen LogP contribution in [0, 0.1) is 13.8 Å². The first kappa shape index (κ1) is 22.6. The van der Waals surface area contributed by atoms with Crippen LogP contribution in [-0.2, 0) is 13.1 Å². The maximum Gasteiger partial charge on any atom is 0.213 e. The molecular weight excluding hydrogens is 461 g/mol. The number of nitrogens with one attached hydrogen (secondary N) is 2. The van der Waals surface area contributed by atoms with Gasteiger partial charge in [0.25, 0.3) is 0 Å². The summed E-state index contributed by atoms with van der Waals surface area (Å²) in [5.41, 5.74) is 2.13. The van der Waals surface area contributed by atoms with E-state index in [9.17, 15) is 0 Å². The Morgan fingerprint density at radius 1 is 1.27 bits per heavy atom. The van der Waals surface area contributed by atoms with E-state index in [0.29, 0.717) is 19.0 Å². The zero-order chi connectivity index (χ0) is 18.2. The molecule has 2 rings (SSSR count). The van der Waals surface area contributed by atoms with Crippen LogP contribution in [0.4, 0.5) is 0 Å². The molecule has 26 heavy (non-hydrogen) atoms. The van der Waals surface area contributed by atoms with Gasteiger partial charge in [-0.3, -0.25) is 0 Å². The topological polar surface area (TPSA) is 71.4 Å². The van der Waals surface area contributed by atoms with Gasteiger partial charge in [-0.05, 0) is 40.2 Å². The first-order valence-electron chi connectivity index (χ1n) is 8.54. The lowest BCUT2D eigenvalue weighted by molar-refractivity contribution is 0.232. The molecule has 0 saturated heterocycles. The van der Waals surface area contributed by atoms with Crippen molar-refractivity contribution >= 4 is 41.3 Å². The van der Waals surface area contributed by atoms with Gasteiger partial charge in [0.15, 0.2) is 5.96 Å². The number of hydrogen-bond donors (Lipinski definition) is 2. The molecule has 8 heteroatoms. The van der Waals surface area contributed by atoms with Gasteiger partial charge >= 0.3 is 0 Å². The lowest BCUT2D eigenvalue weighted by Crippen LogP contribution is -2.36. The number of pyridine rings is 1. The van der Waals surface area contributed by atoms with Crippen LogP contribution in [-0.4, -0.2) is 28.6 Å². The Hall–Kier alpha value is -1.42. The Morgan fingerprint density at radius 3 is 2.58 bits per heavy atom. The van der Waals surface area contributed by atoms with Crippen molar-refractivity contribution in [3.05, 3.63) is 39.5 Å². The number of thiazole rings is 1. The van der Waals surface area contributed by atoms with Gasteiger partial charge < -0.3 is 15.4 Å². The van der Waals surface area contributed by atoms with Crippen LogP contribution in [0.25, 0.3) is 0 Å². The first-order chi connectivity index (χ1) is 12.0. The molecule has 0 bridgehead atoms. The maximum absolute atomic E-state index is 5.56. The normalized spacial score (nSPS) is 11.2. The number of aliphatic imine (C=N–C) groups is 1. The van der Waals surface area contributed by atoms with Gasteiger partial charge in [0.1, 0.15) is 5.01 Å². The van der Waals surface area contributed by atoms with Crippen LogP contribution in [0.1, 0.15) is 41.9 Å². The van der Waals surface area contributed by atoms with Gasteiger partial charge in [-0.1, -0.05) is 6.07 Å². The first-order valence-corrected chi connectivity index (χ1v) is 9.36. The highest BCUT2D eigenvalue weighted by Crippen LogP contribution is 2.16. The summed E-state index contributed by atoms with van der Waals surface area (Å²) in [6, 6.07) is 3.87. The third kappa shape index (κ3) is 7.45. The average molecular weight is 489 g/mol. The van der Waals surface area contributed by atoms with Crippen molar-refractivity contribution in [1.82, 2.24) is 20.6 Å². The summed E-state index contributed by atoms with van der Waals surface area (Å²) in [4.78, 5) is 14.7. The van der Waals surface area contributed by atoms with E-state index in [4.69, 9.17) is 4.74 Å². The van der Waals surface area contributed by atoms with Crippen molar-refractivity contribution in [2.45, 2.75) is 53.8 Å². The number of halogens is 1. The summed E-state index contributed by atoms with van der Waals surface area (Å²) in [7, 11) is 0. The minimum absolute atomic E-state index is 0. The molecule has 0 radical (unpaired) electrons. The SMILES string of the molecule is CCNC(=NCc1ccc(OC(C)C)nc1)NCc1nc(C)c(C)s1.I. The molecule has 2 aromatic heterocycles. The van der Waals surface area contributed by atoms with Gasteiger partial charge in [-0.2, -0.15) is 0 Å². The lowest BCUT2D eigenvalue weighted by Gasteiger charge is -2.10. The van der Waals surface area contributed by atoms with Crippen LogP contribution in [0.5, 0.6) is 5.88 Å². The monoisotopic (exact) mass is 489 g/mol. The number of ether oxygens (including phenoxy) is 1. The Morgan fingerprint density at radius 2 is 2.04 bits per heavy atom. The minimum Gasteiger partial charge on any atom is -0.475 e. The number of nitrogens with zero attached hydrogens (tertiary/aromatic N) is 3. The van der Waals surface area contributed by atoms with Crippen molar-refractivity contribution in [3.63, 3.8) is 0 Å². The Kier molecular flexibility index (Phi) is 9.85. The molecule has 0 aromatic carbocycles. The molecule has 144 valence electrons. The van der Waals surface area contributed by atoms with Crippen LogP contribution in [0.15, 0.2) is 23.3 Å². The summed E-state index contributed by atoms with van der Waals surface area (Å²) in [6.07, 6.45) is 1.93. The predicted octanol–water partition coefficient (Wildman–Crippen LogP) is 3.82. The van der Waals surface area contributed by atoms with Crippen LogP contribution >= 0.6 is 35.3 Å². The Labute approximate surface area is 176 Å². The fraction of sp³-hybridized carbons (Fsp3) is 0.500. The standard InChI is InChI=1S/C18H27N5OS.HI/c1-6-19-18(22-11-17-23-13(4)14(5)25-17)21-10-15-7-8-16(20-9-15)24-12(2)3;/h7-9,12H,6,10-11H2,1-5H3,(H2,19,21,22);1H. The number of guanidine groups is 1. The molecule has 0 fully saturated rings. The number of rotatable bonds is 7. The molecule has 2 heterocycles. The highest BCUT2D eigenvalue weighted by molar-refractivity contribution is 14.0. The molecule has 0 aliphatic carbocycles.